The lowest BCUT2D eigenvalue weighted by atomic mass is 10.1. The Morgan fingerprint density at radius 2 is 2.60 bits per heavy atom. The van der Waals surface area contributed by atoms with Crippen LogP contribution < -0.4 is 0 Å². The molecule has 2 aliphatic rings. The second-order valence-electron chi connectivity index (χ2n) is 2.51. The molecule has 0 saturated carbocycles. The Morgan fingerprint density at radius 3 is 3.50 bits per heavy atom. The molecular formula is C8H8NS+. The van der Waals surface area contributed by atoms with E-state index in [9.17, 15) is 0 Å². The van der Waals surface area contributed by atoms with Crippen LogP contribution >= 0.6 is 11.8 Å². The van der Waals surface area contributed by atoms with Crippen LogP contribution in [0.2, 0.25) is 0 Å². The maximum atomic E-state index is 3.21. The molecule has 0 aromatic heterocycles. The molecule has 0 aromatic carbocycles. The first-order valence-corrected chi connectivity index (χ1v) is 4.11. The predicted molar refractivity (Wildman–Crippen MR) is 44.2 cm³/mol. The van der Waals surface area contributed by atoms with Crippen molar-refractivity contribution in [2.24, 2.45) is 0 Å². The normalized spacial score (nSPS) is 21.5. The van der Waals surface area contributed by atoms with E-state index in [0.29, 0.717) is 0 Å². The molecule has 0 amide bonds. The summed E-state index contributed by atoms with van der Waals surface area (Å²) >= 11 is 1.65. The Labute approximate surface area is 65.1 Å². The standard InChI is InChI=1S/C8H8NS/c1-9-3-2-7-5-10-6-8(7)4-9/h2-3,6H,4H2,1H3/q+1. The van der Waals surface area contributed by atoms with Gasteiger partial charge in [0.1, 0.15) is 0 Å². The maximum absolute atomic E-state index is 3.21. The highest BCUT2D eigenvalue weighted by molar-refractivity contribution is 8.04. The Morgan fingerprint density at radius 1 is 1.70 bits per heavy atom. The van der Waals surface area contributed by atoms with Crippen molar-refractivity contribution in [2.45, 2.75) is 0 Å². The molecule has 2 aliphatic heterocycles. The minimum absolute atomic E-state index is 1.03. The van der Waals surface area contributed by atoms with Gasteiger partial charge in [-0.05, 0) is 0 Å². The molecule has 0 bridgehead atoms. The van der Waals surface area contributed by atoms with Crippen LogP contribution in [0, 0.1) is 5.41 Å². The van der Waals surface area contributed by atoms with Gasteiger partial charge in [-0.3, -0.25) is 0 Å². The third kappa shape index (κ3) is 0.859. The summed E-state index contributed by atoms with van der Waals surface area (Å²) in [5.74, 6) is 0. The maximum Gasteiger partial charge on any atom is 0.203 e. The number of rotatable bonds is 0. The van der Waals surface area contributed by atoms with Crippen LogP contribution in [0.1, 0.15) is 0 Å². The van der Waals surface area contributed by atoms with E-state index in [1.165, 1.54) is 11.1 Å². The lowest BCUT2D eigenvalue weighted by Crippen LogP contribution is -2.17. The zero-order chi connectivity index (χ0) is 6.97. The van der Waals surface area contributed by atoms with Gasteiger partial charge in [-0.25, -0.2) is 0 Å². The fraction of sp³-hybridized carbons (Fsp3) is 0.250. The molecule has 50 valence electrons. The fourth-order valence-electron chi connectivity index (χ4n) is 1.08. The number of hydrogen-bond acceptors (Lipinski definition) is 2. The number of hydrogen-bond donors (Lipinski definition) is 0. The highest BCUT2D eigenvalue weighted by Crippen LogP contribution is 2.29. The Kier molecular flexibility index (Phi) is 1.30. The van der Waals surface area contributed by atoms with Gasteiger partial charge < -0.3 is 4.90 Å². The molecule has 0 saturated heterocycles. The van der Waals surface area contributed by atoms with Crippen molar-refractivity contribution < 1.29 is 0 Å². The van der Waals surface area contributed by atoms with Crippen LogP contribution in [0.25, 0.3) is 0 Å². The number of thioether (sulfide) groups is 1. The van der Waals surface area contributed by atoms with Crippen molar-refractivity contribution in [1.29, 1.82) is 0 Å². The molecular weight excluding hydrogens is 142 g/mol. The molecule has 2 heterocycles. The summed E-state index contributed by atoms with van der Waals surface area (Å²) in [4.78, 5) is 2.17. The molecule has 0 aromatic rings. The largest absolute Gasteiger partial charge is 0.354 e. The summed E-state index contributed by atoms with van der Waals surface area (Å²) in [6.07, 6.45) is 4.20. The molecule has 0 N–H and O–H groups in total. The molecule has 0 atom stereocenters. The Bertz CT molecular complexity index is 238. The van der Waals surface area contributed by atoms with Crippen LogP contribution in [0.3, 0.4) is 0 Å². The number of allylic oxidation sites excluding steroid dienone is 1. The van der Waals surface area contributed by atoms with Gasteiger partial charge in [-0.15, -0.1) is 0 Å². The molecule has 2 heteroatoms. The van der Waals surface area contributed by atoms with Crippen LogP contribution in [0.5, 0.6) is 0 Å². The van der Waals surface area contributed by atoms with E-state index in [4.69, 9.17) is 0 Å². The third-order valence-corrected chi connectivity index (χ3v) is 2.37. The second kappa shape index (κ2) is 2.15. The van der Waals surface area contributed by atoms with Crippen molar-refractivity contribution in [3.8, 4) is 0 Å². The number of fused-ring (bicyclic) bond motifs is 1. The van der Waals surface area contributed by atoms with Gasteiger partial charge >= 0.3 is 0 Å². The van der Waals surface area contributed by atoms with Gasteiger partial charge in [0.15, 0.2) is 0 Å². The van der Waals surface area contributed by atoms with Crippen LogP contribution in [-0.2, 0) is 0 Å². The highest BCUT2D eigenvalue weighted by atomic mass is 32.2. The van der Waals surface area contributed by atoms with Gasteiger partial charge in [-0.2, -0.15) is 0 Å². The first-order chi connectivity index (χ1) is 4.86. The summed E-state index contributed by atoms with van der Waals surface area (Å²) in [5.41, 5.74) is 2.66. The monoisotopic (exact) mass is 150 g/mol. The molecule has 0 radical (unpaired) electrons. The van der Waals surface area contributed by atoms with Crippen LogP contribution in [-0.4, -0.2) is 18.5 Å². The van der Waals surface area contributed by atoms with E-state index in [1.807, 2.05) is 0 Å². The lowest BCUT2D eigenvalue weighted by molar-refractivity contribution is 0.491. The number of likely N-dealkylation sites (N-methyl/N-ethyl adjacent to an activating group) is 1. The first kappa shape index (κ1) is 6.02. The van der Waals surface area contributed by atoms with E-state index in [1.54, 1.807) is 11.8 Å². The summed E-state index contributed by atoms with van der Waals surface area (Å²) in [5, 5.41) is 5.37. The zero-order valence-electron chi connectivity index (χ0n) is 5.79. The molecule has 1 nitrogen and oxygen atoms in total. The average Bonchev–Trinajstić information content (AvgIpc) is 2.33. The predicted octanol–water partition coefficient (Wildman–Crippen LogP) is 1.76. The number of nitrogens with zero attached hydrogens (tertiary/aromatic N) is 1. The molecule has 10 heavy (non-hydrogen) atoms. The minimum Gasteiger partial charge on any atom is -0.354 e. The quantitative estimate of drug-likeness (QED) is 0.484. The smallest absolute Gasteiger partial charge is 0.203 e. The van der Waals surface area contributed by atoms with Crippen molar-refractivity contribution in [2.75, 3.05) is 13.6 Å². The van der Waals surface area contributed by atoms with E-state index in [0.717, 1.165) is 6.54 Å². The molecule has 0 aliphatic carbocycles. The molecule has 0 spiro atoms. The Balaban J connectivity index is 2.33. The van der Waals surface area contributed by atoms with Crippen LogP contribution in [0.4, 0.5) is 0 Å². The second-order valence-corrected chi connectivity index (χ2v) is 3.18. The van der Waals surface area contributed by atoms with E-state index in [2.05, 4.69) is 35.0 Å². The topological polar surface area (TPSA) is 3.24 Å². The van der Waals surface area contributed by atoms with Gasteiger partial charge in [-0.1, -0.05) is 0 Å². The summed E-state index contributed by atoms with van der Waals surface area (Å²) in [6.45, 7) is 1.03. The highest BCUT2D eigenvalue weighted by Gasteiger charge is 2.23. The zero-order valence-corrected chi connectivity index (χ0v) is 6.61. The van der Waals surface area contributed by atoms with Crippen LogP contribution in [0.15, 0.2) is 28.8 Å². The fourth-order valence-corrected chi connectivity index (χ4v) is 1.81. The van der Waals surface area contributed by atoms with E-state index >= 15 is 0 Å². The van der Waals surface area contributed by atoms with Gasteiger partial charge in [0, 0.05) is 18.8 Å². The van der Waals surface area contributed by atoms with Gasteiger partial charge in [0.25, 0.3) is 0 Å². The van der Waals surface area contributed by atoms with E-state index < -0.39 is 0 Å². The van der Waals surface area contributed by atoms with Crippen molar-refractivity contribution in [3.05, 3.63) is 34.2 Å². The van der Waals surface area contributed by atoms with Gasteiger partial charge in [0.05, 0.1) is 35.2 Å². The summed E-state index contributed by atoms with van der Waals surface area (Å²) in [7, 11) is 2.08. The Hall–Kier alpha value is -0.720. The third-order valence-electron chi connectivity index (χ3n) is 1.63. The van der Waals surface area contributed by atoms with E-state index in [-0.39, 0.29) is 0 Å². The molecule has 2 rings (SSSR count). The van der Waals surface area contributed by atoms with Crippen molar-refractivity contribution >= 4 is 11.8 Å². The molecule has 0 unspecified atom stereocenters. The first-order valence-electron chi connectivity index (χ1n) is 3.23. The molecule has 0 fully saturated rings. The SMILES string of the molecule is CN1C=CC2=[C+]SC=C2C1. The van der Waals surface area contributed by atoms with Crippen molar-refractivity contribution in [1.82, 2.24) is 4.90 Å². The van der Waals surface area contributed by atoms with Crippen molar-refractivity contribution in [3.63, 3.8) is 0 Å². The van der Waals surface area contributed by atoms with Gasteiger partial charge in [0.2, 0.25) is 5.57 Å². The minimum atomic E-state index is 1.03. The lowest BCUT2D eigenvalue weighted by Gasteiger charge is -2.13. The average molecular weight is 150 g/mol. The summed E-state index contributed by atoms with van der Waals surface area (Å²) in [6, 6.07) is 0. The summed E-state index contributed by atoms with van der Waals surface area (Å²) < 4.78 is 0.